The van der Waals surface area contributed by atoms with Gasteiger partial charge >= 0.3 is 6.03 Å². The number of urea groups is 1. The molecule has 22 heavy (non-hydrogen) atoms. The predicted octanol–water partition coefficient (Wildman–Crippen LogP) is 3.72. The Morgan fingerprint density at radius 3 is 2.68 bits per heavy atom. The zero-order valence-corrected chi connectivity index (χ0v) is 12.6. The van der Waals surface area contributed by atoms with Gasteiger partial charge in [0.25, 0.3) is 5.69 Å². The van der Waals surface area contributed by atoms with E-state index in [1.54, 1.807) is 32.4 Å². The minimum atomic E-state index is -0.469. The molecule has 1 N–H and O–H groups in total. The molecule has 0 aliphatic rings. The third kappa shape index (κ3) is 3.25. The van der Waals surface area contributed by atoms with Crippen molar-refractivity contribution in [3.63, 3.8) is 0 Å². The fraction of sp³-hybridized carbons (Fsp3) is 0.267. The Morgan fingerprint density at radius 1 is 1.41 bits per heavy atom. The molecule has 0 spiro atoms. The summed E-state index contributed by atoms with van der Waals surface area (Å²) in [5, 5.41) is 13.5. The number of amides is 2. The molecule has 1 aromatic carbocycles. The summed E-state index contributed by atoms with van der Waals surface area (Å²) in [7, 11) is 1.66. The summed E-state index contributed by atoms with van der Waals surface area (Å²) in [5.74, 6) is 0.679. The lowest BCUT2D eigenvalue weighted by Crippen LogP contribution is -2.33. The number of furan rings is 1. The van der Waals surface area contributed by atoms with Gasteiger partial charge in [-0.2, -0.15) is 0 Å². The fourth-order valence-electron chi connectivity index (χ4n) is 2.00. The summed E-state index contributed by atoms with van der Waals surface area (Å²) in [4.78, 5) is 24.0. The van der Waals surface area contributed by atoms with Crippen molar-refractivity contribution in [1.29, 1.82) is 0 Å². The molecule has 116 valence electrons. The lowest BCUT2D eigenvalue weighted by atomic mass is 10.2. The van der Waals surface area contributed by atoms with E-state index in [1.807, 2.05) is 6.92 Å². The Balaban J connectivity index is 2.10. The highest BCUT2D eigenvalue weighted by Gasteiger charge is 2.20. The van der Waals surface area contributed by atoms with E-state index in [9.17, 15) is 14.9 Å². The second-order valence-corrected chi connectivity index (χ2v) is 4.99. The summed E-state index contributed by atoms with van der Waals surface area (Å²) >= 11 is 0. The number of hydrogen-bond acceptors (Lipinski definition) is 4. The summed E-state index contributed by atoms with van der Waals surface area (Å²) in [6.07, 6.45) is 1.55. The van der Waals surface area contributed by atoms with E-state index in [0.717, 1.165) is 0 Å². The number of anilines is 1. The summed E-state index contributed by atoms with van der Waals surface area (Å²) in [5.41, 5.74) is 1.16. The number of hydrogen-bond donors (Lipinski definition) is 1. The normalized spacial score (nSPS) is 11.8. The maximum absolute atomic E-state index is 12.3. The lowest BCUT2D eigenvalue weighted by Gasteiger charge is -2.24. The van der Waals surface area contributed by atoms with Gasteiger partial charge in [0, 0.05) is 24.9 Å². The van der Waals surface area contributed by atoms with Gasteiger partial charge in [-0.15, -0.1) is 0 Å². The van der Waals surface area contributed by atoms with Gasteiger partial charge in [0.05, 0.1) is 17.2 Å². The molecule has 7 nitrogen and oxygen atoms in total. The van der Waals surface area contributed by atoms with Crippen LogP contribution in [0.25, 0.3) is 0 Å². The lowest BCUT2D eigenvalue weighted by molar-refractivity contribution is -0.384. The molecule has 7 heteroatoms. The number of carbonyl (C=O) groups excluding carboxylic acids is 1. The van der Waals surface area contributed by atoms with Crippen molar-refractivity contribution >= 4 is 17.4 Å². The first kappa shape index (κ1) is 15.6. The first-order valence-corrected chi connectivity index (χ1v) is 6.72. The number of nitro benzene ring substituents is 1. The third-order valence-electron chi connectivity index (χ3n) is 3.52. The number of nitro groups is 1. The van der Waals surface area contributed by atoms with Crippen LogP contribution in [0.3, 0.4) is 0 Å². The monoisotopic (exact) mass is 303 g/mol. The van der Waals surface area contributed by atoms with Gasteiger partial charge in [-0.3, -0.25) is 10.1 Å². The number of nitrogens with one attached hydrogen (secondary N) is 1. The van der Waals surface area contributed by atoms with E-state index >= 15 is 0 Å². The quantitative estimate of drug-likeness (QED) is 0.688. The van der Waals surface area contributed by atoms with Gasteiger partial charge in [-0.05, 0) is 37.6 Å². The summed E-state index contributed by atoms with van der Waals surface area (Å²) in [6, 6.07) is 7.32. The molecule has 1 heterocycles. The SMILES string of the molecule is Cc1cc([N+](=O)[O-])ccc1NC(=O)N(C)C(C)c1ccco1. The Bertz CT molecular complexity index is 682. The molecule has 0 saturated heterocycles. The number of aryl methyl sites for hydroxylation is 1. The van der Waals surface area contributed by atoms with Gasteiger partial charge in [0.2, 0.25) is 0 Å². The van der Waals surface area contributed by atoms with E-state index in [-0.39, 0.29) is 17.8 Å². The number of rotatable bonds is 4. The van der Waals surface area contributed by atoms with Crippen molar-refractivity contribution in [2.45, 2.75) is 19.9 Å². The van der Waals surface area contributed by atoms with Crippen LogP contribution >= 0.6 is 0 Å². The maximum Gasteiger partial charge on any atom is 0.322 e. The standard InChI is InChI=1S/C15H17N3O4/c1-10-9-12(18(20)21)6-7-13(10)16-15(19)17(3)11(2)14-5-4-8-22-14/h4-9,11H,1-3H3,(H,16,19). The van der Waals surface area contributed by atoms with Gasteiger partial charge < -0.3 is 14.6 Å². The molecule has 0 fully saturated rings. The van der Waals surface area contributed by atoms with Crippen molar-refractivity contribution in [3.8, 4) is 0 Å². The maximum atomic E-state index is 12.3. The van der Waals surface area contributed by atoms with Crippen molar-refractivity contribution in [2.75, 3.05) is 12.4 Å². The van der Waals surface area contributed by atoms with Crippen LogP contribution in [0.4, 0.5) is 16.2 Å². The Hall–Kier alpha value is -2.83. The molecule has 2 aromatic rings. The average molecular weight is 303 g/mol. The van der Waals surface area contributed by atoms with Crippen LogP contribution in [0, 0.1) is 17.0 Å². The van der Waals surface area contributed by atoms with Crippen LogP contribution in [0.1, 0.15) is 24.3 Å². The van der Waals surface area contributed by atoms with Crippen LogP contribution in [-0.2, 0) is 0 Å². The molecule has 2 amide bonds. The molecular formula is C15H17N3O4. The van der Waals surface area contributed by atoms with Gasteiger partial charge in [-0.1, -0.05) is 0 Å². The first-order valence-electron chi connectivity index (χ1n) is 6.72. The Labute approximate surface area is 127 Å². The molecule has 1 atom stereocenters. The van der Waals surface area contributed by atoms with Crippen molar-refractivity contribution in [3.05, 3.63) is 58.0 Å². The molecule has 1 unspecified atom stereocenters. The van der Waals surface area contributed by atoms with E-state index in [0.29, 0.717) is 17.0 Å². The molecule has 0 radical (unpaired) electrons. The van der Waals surface area contributed by atoms with Crippen LogP contribution in [-0.4, -0.2) is 22.9 Å². The van der Waals surface area contributed by atoms with E-state index in [1.165, 1.54) is 23.1 Å². The number of benzene rings is 1. The second-order valence-electron chi connectivity index (χ2n) is 4.99. The largest absolute Gasteiger partial charge is 0.467 e. The first-order chi connectivity index (χ1) is 10.4. The smallest absolute Gasteiger partial charge is 0.322 e. The van der Waals surface area contributed by atoms with Crippen LogP contribution in [0.2, 0.25) is 0 Å². The van der Waals surface area contributed by atoms with E-state index in [2.05, 4.69) is 5.32 Å². The van der Waals surface area contributed by atoms with Gasteiger partial charge in [0.1, 0.15) is 5.76 Å². The number of nitrogens with zero attached hydrogens (tertiary/aromatic N) is 2. The molecule has 0 bridgehead atoms. The Morgan fingerprint density at radius 2 is 2.14 bits per heavy atom. The van der Waals surface area contributed by atoms with Crippen LogP contribution in [0.5, 0.6) is 0 Å². The molecular weight excluding hydrogens is 286 g/mol. The Kier molecular flexibility index (Phi) is 4.45. The van der Waals surface area contributed by atoms with Crippen molar-refractivity contribution in [1.82, 2.24) is 4.90 Å². The van der Waals surface area contributed by atoms with E-state index < -0.39 is 4.92 Å². The van der Waals surface area contributed by atoms with Gasteiger partial charge in [-0.25, -0.2) is 4.79 Å². The van der Waals surface area contributed by atoms with Crippen molar-refractivity contribution < 1.29 is 14.1 Å². The minimum absolute atomic E-state index is 0.00666. The van der Waals surface area contributed by atoms with Crippen LogP contribution < -0.4 is 5.32 Å². The average Bonchev–Trinajstić information content (AvgIpc) is 3.01. The van der Waals surface area contributed by atoms with E-state index in [4.69, 9.17) is 4.42 Å². The predicted molar refractivity (Wildman–Crippen MR) is 81.7 cm³/mol. The highest BCUT2D eigenvalue weighted by atomic mass is 16.6. The molecule has 0 aliphatic carbocycles. The van der Waals surface area contributed by atoms with Crippen molar-refractivity contribution in [2.24, 2.45) is 0 Å². The highest BCUT2D eigenvalue weighted by molar-refractivity contribution is 5.90. The number of non-ortho nitro benzene ring substituents is 1. The molecule has 0 aliphatic heterocycles. The summed E-state index contributed by atoms with van der Waals surface area (Å²) < 4.78 is 5.29. The van der Waals surface area contributed by atoms with Crippen LogP contribution in [0.15, 0.2) is 41.0 Å². The fourth-order valence-corrected chi connectivity index (χ4v) is 2.00. The third-order valence-corrected chi connectivity index (χ3v) is 3.52. The topological polar surface area (TPSA) is 88.6 Å². The number of carbonyl (C=O) groups is 1. The minimum Gasteiger partial charge on any atom is -0.467 e. The molecule has 2 rings (SSSR count). The second kappa shape index (κ2) is 6.30. The molecule has 1 aromatic heterocycles. The van der Waals surface area contributed by atoms with Gasteiger partial charge in [0.15, 0.2) is 0 Å². The zero-order valence-electron chi connectivity index (χ0n) is 12.6. The summed E-state index contributed by atoms with van der Waals surface area (Å²) in [6.45, 7) is 3.56. The highest BCUT2D eigenvalue weighted by Crippen LogP contribution is 2.23. The zero-order chi connectivity index (χ0) is 16.3. The molecule has 0 saturated carbocycles.